The second-order valence-electron chi connectivity index (χ2n) is 0. The Bertz CT molecular complexity index is 8.00. The van der Waals surface area contributed by atoms with Crippen molar-refractivity contribution >= 4 is 28.8 Å². The first kappa shape index (κ1) is 49.3. The van der Waals surface area contributed by atoms with Crippen LogP contribution in [0.1, 0.15) is 0 Å². The van der Waals surface area contributed by atoms with Gasteiger partial charge in [-0.05, 0) is 0 Å². The quantitative estimate of drug-likeness (QED) is 0.282. The van der Waals surface area contributed by atoms with E-state index in [4.69, 9.17) is 0 Å². The molecule has 0 fully saturated rings. The van der Waals surface area contributed by atoms with Crippen LogP contribution in [0.5, 0.6) is 0 Å². The minimum atomic E-state index is 0. The van der Waals surface area contributed by atoms with E-state index < -0.39 is 0 Å². The predicted octanol–water partition coefficient (Wildman–Crippen LogP) is -1.15. The largest absolute Gasteiger partial charge is 0.412 e. The van der Waals surface area contributed by atoms with Gasteiger partial charge in [0.15, 0.2) is 0 Å². The summed E-state index contributed by atoms with van der Waals surface area (Å²) in [6.07, 6.45) is 0. The van der Waals surface area contributed by atoms with Crippen LogP contribution < -0.4 is 0 Å². The van der Waals surface area contributed by atoms with Gasteiger partial charge in [0, 0.05) is 35.9 Å². The van der Waals surface area contributed by atoms with Gasteiger partial charge >= 0.3 is 0 Å². The van der Waals surface area contributed by atoms with Gasteiger partial charge in [0.05, 0.1) is 0 Å². The van der Waals surface area contributed by atoms with Crippen molar-refractivity contribution in [2.75, 3.05) is 0 Å². The summed E-state index contributed by atoms with van der Waals surface area (Å²) in [5, 5.41) is 0. The Morgan fingerprint density at radius 1 is 1.00 bits per heavy atom. The molecule has 25 valence electrons. The Morgan fingerprint density at radius 3 is 1.00 bits per heavy atom. The van der Waals surface area contributed by atoms with Crippen molar-refractivity contribution in [2.45, 2.75) is 0 Å². The molecule has 0 rings (SSSR count). The Kier molecular flexibility index (Phi) is 301. The van der Waals surface area contributed by atoms with Crippen LogP contribution in [0, 0.1) is 0 Å². The van der Waals surface area contributed by atoms with Gasteiger partial charge in [-0.25, -0.2) is 0 Å². The Balaban J connectivity index is 0. The van der Waals surface area contributed by atoms with E-state index in [2.05, 4.69) is 0 Å². The van der Waals surface area contributed by atoms with Gasteiger partial charge in [-0.3, -0.25) is 0 Å². The average Bonchev–Trinajstić information content (AvgIpc) is 0. The zero-order chi connectivity index (χ0) is 0. The van der Waals surface area contributed by atoms with E-state index in [1.165, 1.54) is 0 Å². The van der Waals surface area contributed by atoms with Crippen LogP contribution in [0.25, 0.3) is 0 Å². The monoisotopic (exact) mass is 115 g/mol. The molecule has 0 aliphatic carbocycles. The zero-order valence-electron chi connectivity index (χ0n) is 2.56. The SMILES string of the molecule is O.P.[Fe].[Li]. The molecular weight excluding hydrogens is 110 g/mol. The van der Waals surface area contributed by atoms with Crippen LogP contribution in [-0.2, 0) is 17.1 Å². The van der Waals surface area contributed by atoms with Crippen molar-refractivity contribution in [3.63, 3.8) is 0 Å². The third-order valence-electron chi connectivity index (χ3n) is 0. The molecule has 0 amide bonds. The Labute approximate surface area is 51.5 Å². The van der Waals surface area contributed by atoms with Crippen LogP contribution in [0.2, 0.25) is 0 Å². The van der Waals surface area contributed by atoms with Crippen molar-refractivity contribution in [2.24, 2.45) is 0 Å². The number of hydrogen-bond acceptors (Lipinski definition) is 0. The maximum Gasteiger partial charge on any atom is 0 e. The first-order valence-corrected chi connectivity index (χ1v) is 0. The molecule has 1 radical (unpaired) electrons. The van der Waals surface area contributed by atoms with Crippen molar-refractivity contribution in [1.82, 2.24) is 0 Å². The minimum absolute atomic E-state index is 0. The standard InChI is InChI=1S/Fe.Li.H2O.H3P/h;;1H2;1H3. The molecule has 0 aliphatic rings. The molecule has 0 aliphatic heterocycles. The molecule has 0 spiro atoms. The van der Waals surface area contributed by atoms with Gasteiger partial charge in [-0.2, -0.15) is 9.90 Å². The molecule has 1 nitrogen and oxygen atoms in total. The summed E-state index contributed by atoms with van der Waals surface area (Å²) in [7, 11) is 0. The van der Waals surface area contributed by atoms with E-state index >= 15 is 0 Å². The summed E-state index contributed by atoms with van der Waals surface area (Å²) in [4.78, 5) is 0. The fourth-order valence-corrected chi connectivity index (χ4v) is 0. The molecule has 0 aromatic rings. The second-order valence-corrected chi connectivity index (χ2v) is 0. The summed E-state index contributed by atoms with van der Waals surface area (Å²) in [5.41, 5.74) is 0. The molecule has 0 saturated heterocycles. The van der Waals surface area contributed by atoms with Crippen molar-refractivity contribution < 1.29 is 22.5 Å². The molecule has 1 atom stereocenters. The van der Waals surface area contributed by atoms with Crippen LogP contribution in [0.15, 0.2) is 0 Å². The molecule has 1 unspecified atom stereocenters. The molecule has 0 bridgehead atoms. The molecular formula is H5FeLiOP. The molecule has 0 aromatic heterocycles. The van der Waals surface area contributed by atoms with Crippen LogP contribution in [-0.4, -0.2) is 24.3 Å². The molecule has 4 heavy (non-hydrogen) atoms. The molecule has 4 heteroatoms. The van der Waals surface area contributed by atoms with Gasteiger partial charge in [0.1, 0.15) is 0 Å². The van der Waals surface area contributed by atoms with E-state index in [1.807, 2.05) is 0 Å². The fourth-order valence-electron chi connectivity index (χ4n) is 0. The summed E-state index contributed by atoms with van der Waals surface area (Å²) in [6.45, 7) is 0. The third-order valence-corrected chi connectivity index (χ3v) is 0. The van der Waals surface area contributed by atoms with Gasteiger partial charge in [-0.1, -0.05) is 0 Å². The van der Waals surface area contributed by atoms with Crippen molar-refractivity contribution in [1.29, 1.82) is 0 Å². The van der Waals surface area contributed by atoms with Gasteiger partial charge in [0.25, 0.3) is 0 Å². The predicted molar refractivity (Wildman–Crippen MR) is 20.5 cm³/mol. The first-order chi connectivity index (χ1) is 0. The maximum absolute atomic E-state index is 0. The van der Waals surface area contributed by atoms with E-state index in [0.29, 0.717) is 0 Å². The first-order valence-electron chi connectivity index (χ1n) is 0. The summed E-state index contributed by atoms with van der Waals surface area (Å²) in [6, 6.07) is 0. The Morgan fingerprint density at radius 2 is 1.00 bits per heavy atom. The fraction of sp³-hybridized carbons (Fsp3) is 0. The van der Waals surface area contributed by atoms with Crippen LogP contribution in [0.4, 0.5) is 0 Å². The smallest absolute Gasteiger partial charge is 0 e. The van der Waals surface area contributed by atoms with E-state index in [-0.39, 0.29) is 51.3 Å². The average molecular weight is 115 g/mol. The van der Waals surface area contributed by atoms with Gasteiger partial charge in [-0.15, -0.1) is 0 Å². The Hall–Kier alpha value is 1.51. The van der Waals surface area contributed by atoms with Crippen molar-refractivity contribution in [3.05, 3.63) is 0 Å². The molecule has 0 saturated carbocycles. The summed E-state index contributed by atoms with van der Waals surface area (Å²) < 4.78 is 0. The van der Waals surface area contributed by atoms with E-state index in [1.54, 1.807) is 0 Å². The molecule has 2 N–H and O–H groups in total. The van der Waals surface area contributed by atoms with Gasteiger partial charge in [0.2, 0.25) is 0 Å². The zero-order valence-corrected chi connectivity index (χ0v) is 5.08. The topological polar surface area (TPSA) is 31.5 Å². The van der Waals surface area contributed by atoms with E-state index in [0.717, 1.165) is 0 Å². The number of rotatable bonds is 0. The summed E-state index contributed by atoms with van der Waals surface area (Å²) >= 11 is 0. The van der Waals surface area contributed by atoms with Crippen molar-refractivity contribution in [3.8, 4) is 0 Å². The number of hydrogen-bond donors (Lipinski definition) is 0. The normalized spacial score (nSPS) is 0. The third kappa shape index (κ3) is 9.71. The second kappa shape index (κ2) is 24.4. The minimum Gasteiger partial charge on any atom is -0.412 e. The summed E-state index contributed by atoms with van der Waals surface area (Å²) in [5.74, 6) is 0. The van der Waals surface area contributed by atoms with E-state index in [9.17, 15) is 0 Å². The van der Waals surface area contributed by atoms with Gasteiger partial charge < -0.3 is 5.48 Å². The molecule has 0 heterocycles. The van der Waals surface area contributed by atoms with Crippen LogP contribution in [0.3, 0.4) is 0 Å². The van der Waals surface area contributed by atoms with Crippen LogP contribution >= 0.6 is 9.90 Å². The maximum atomic E-state index is 0. The molecule has 0 aromatic carbocycles.